The van der Waals surface area contributed by atoms with Gasteiger partial charge in [0, 0.05) is 17.4 Å². The van der Waals surface area contributed by atoms with E-state index in [1.807, 2.05) is 36.4 Å². The number of halogens is 3. The standard InChI is InChI=1S/C27H19F3N4O2/c28-27(29,30)19-8-6-17(7-9-19)16-23(35)32-20-10-12-21(13-11-20)36-26-22-14-15-31-25(22)33-24(34-26)18-4-2-1-3-5-18/h1-15H,16H2,(H,32,35)(H,31,33,34). The highest BCUT2D eigenvalue weighted by Gasteiger charge is 2.30. The van der Waals surface area contributed by atoms with Crippen molar-refractivity contribution in [3.63, 3.8) is 0 Å². The third-order valence-electron chi connectivity index (χ3n) is 5.41. The Balaban J connectivity index is 1.27. The van der Waals surface area contributed by atoms with Crippen LogP contribution >= 0.6 is 0 Å². The average molecular weight is 488 g/mol. The first-order valence-corrected chi connectivity index (χ1v) is 11.0. The summed E-state index contributed by atoms with van der Waals surface area (Å²) in [6.45, 7) is 0. The Bertz CT molecular complexity index is 1500. The summed E-state index contributed by atoms with van der Waals surface area (Å²) < 4.78 is 44.1. The fraction of sp³-hybridized carbons (Fsp3) is 0.0741. The molecule has 0 saturated carbocycles. The molecule has 5 aromatic rings. The number of aromatic nitrogens is 3. The lowest BCUT2D eigenvalue weighted by Crippen LogP contribution is -2.14. The molecular formula is C27H19F3N4O2. The van der Waals surface area contributed by atoms with Crippen LogP contribution < -0.4 is 10.1 Å². The van der Waals surface area contributed by atoms with Crippen molar-refractivity contribution in [1.82, 2.24) is 15.0 Å². The van der Waals surface area contributed by atoms with Crippen LogP contribution in [0, 0.1) is 0 Å². The van der Waals surface area contributed by atoms with Crippen molar-refractivity contribution in [1.29, 1.82) is 0 Å². The number of anilines is 1. The Morgan fingerprint density at radius 2 is 1.61 bits per heavy atom. The monoisotopic (exact) mass is 488 g/mol. The van der Waals surface area contributed by atoms with Gasteiger partial charge in [-0.1, -0.05) is 42.5 Å². The van der Waals surface area contributed by atoms with Gasteiger partial charge >= 0.3 is 6.18 Å². The van der Waals surface area contributed by atoms with Crippen LogP contribution in [0.25, 0.3) is 22.4 Å². The molecule has 0 radical (unpaired) electrons. The molecule has 0 atom stereocenters. The minimum atomic E-state index is -4.41. The lowest BCUT2D eigenvalue weighted by atomic mass is 10.1. The molecule has 36 heavy (non-hydrogen) atoms. The average Bonchev–Trinajstić information content (AvgIpc) is 3.35. The van der Waals surface area contributed by atoms with E-state index in [1.165, 1.54) is 12.1 Å². The van der Waals surface area contributed by atoms with Crippen LogP contribution in [0.4, 0.5) is 18.9 Å². The zero-order chi connectivity index (χ0) is 25.1. The van der Waals surface area contributed by atoms with Crippen LogP contribution in [-0.2, 0) is 17.4 Å². The minimum Gasteiger partial charge on any atom is -0.438 e. The largest absolute Gasteiger partial charge is 0.438 e. The van der Waals surface area contributed by atoms with E-state index in [2.05, 4.69) is 20.3 Å². The van der Waals surface area contributed by atoms with Crippen molar-refractivity contribution in [3.8, 4) is 23.0 Å². The number of alkyl halides is 3. The van der Waals surface area contributed by atoms with E-state index in [-0.39, 0.29) is 12.3 Å². The first-order valence-electron chi connectivity index (χ1n) is 11.0. The number of carbonyl (C=O) groups excluding carboxylic acids is 1. The van der Waals surface area contributed by atoms with Gasteiger partial charge in [-0.05, 0) is 48.0 Å². The van der Waals surface area contributed by atoms with Gasteiger partial charge in [0.1, 0.15) is 11.4 Å². The van der Waals surface area contributed by atoms with E-state index in [1.54, 1.807) is 30.5 Å². The number of benzene rings is 3. The molecule has 180 valence electrons. The van der Waals surface area contributed by atoms with E-state index in [9.17, 15) is 18.0 Å². The lowest BCUT2D eigenvalue weighted by Gasteiger charge is -2.10. The summed E-state index contributed by atoms with van der Waals surface area (Å²) in [7, 11) is 0. The molecule has 0 spiro atoms. The van der Waals surface area contributed by atoms with Crippen LogP contribution in [0.3, 0.4) is 0 Å². The maximum absolute atomic E-state index is 12.7. The first kappa shape index (κ1) is 23.1. The molecule has 0 aliphatic rings. The minimum absolute atomic E-state index is 0.0505. The predicted molar refractivity (Wildman–Crippen MR) is 130 cm³/mol. The summed E-state index contributed by atoms with van der Waals surface area (Å²) >= 11 is 0. The normalized spacial score (nSPS) is 11.4. The quantitative estimate of drug-likeness (QED) is 0.282. The summed E-state index contributed by atoms with van der Waals surface area (Å²) in [4.78, 5) is 24.6. The Morgan fingerprint density at radius 1 is 0.889 bits per heavy atom. The highest BCUT2D eigenvalue weighted by molar-refractivity contribution is 5.92. The molecule has 0 aliphatic carbocycles. The maximum Gasteiger partial charge on any atom is 0.416 e. The van der Waals surface area contributed by atoms with Gasteiger partial charge in [-0.15, -0.1) is 0 Å². The van der Waals surface area contributed by atoms with Gasteiger partial charge in [0.15, 0.2) is 5.82 Å². The molecule has 5 rings (SSSR count). The number of nitrogens with one attached hydrogen (secondary N) is 2. The molecule has 0 fully saturated rings. The highest BCUT2D eigenvalue weighted by Crippen LogP contribution is 2.31. The van der Waals surface area contributed by atoms with Crippen LogP contribution in [0.2, 0.25) is 0 Å². The zero-order valence-corrected chi connectivity index (χ0v) is 18.7. The summed E-state index contributed by atoms with van der Waals surface area (Å²) in [6, 6.07) is 22.6. The third kappa shape index (κ3) is 5.20. The third-order valence-corrected chi connectivity index (χ3v) is 5.41. The van der Waals surface area contributed by atoms with E-state index in [0.717, 1.165) is 23.1 Å². The topological polar surface area (TPSA) is 79.9 Å². The van der Waals surface area contributed by atoms with Gasteiger partial charge in [-0.25, -0.2) is 4.98 Å². The number of hydrogen-bond donors (Lipinski definition) is 2. The second kappa shape index (κ2) is 9.53. The molecular weight excluding hydrogens is 469 g/mol. The van der Waals surface area contributed by atoms with Gasteiger partial charge < -0.3 is 15.0 Å². The van der Waals surface area contributed by atoms with Gasteiger partial charge in [-0.3, -0.25) is 4.79 Å². The van der Waals surface area contributed by atoms with Crippen molar-refractivity contribution in [2.24, 2.45) is 0 Å². The number of H-pyrrole nitrogens is 1. The molecule has 2 aromatic heterocycles. The van der Waals surface area contributed by atoms with Gasteiger partial charge in [0.25, 0.3) is 0 Å². The second-order valence-electron chi connectivity index (χ2n) is 8.00. The molecule has 2 N–H and O–H groups in total. The number of nitrogens with zero attached hydrogens (tertiary/aromatic N) is 2. The van der Waals surface area contributed by atoms with Gasteiger partial charge in [0.05, 0.1) is 17.4 Å². The molecule has 6 nitrogen and oxygen atoms in total. The van der Waals surface area contributed by atoms with E-state index in [4.69, 9.17) is 4.74 Å². The Kier molecular flexibility index (Phi) is 6.12. The summed E-state index contributed by atoms with van der Waals surface area (Å²) in [5.41, 5.74) is 1.75. The van der Waals surface area contributed by atoms with E-state index < -0.39 is 11.7 Å². The van der Waals surface area contributed by atoms with Crippen molar-refractivity contribution in [2.75, 3.05) is 5.32 Å². The van der Waals surface area contributed by atoms with Crippen LogP contribution in [0.15, 0.2) is 91.1 Å². The zero-order valence-electron chi connectivity index (χ0n) is 18.7. The maximum atomic E-state index is 12.7. The van der Waals surface area contributed by atoms with Crippen LogP contribution in [-0.4, -0.2) is 20.9 Å². The van der Waals surface area contributed by atoms with Crippen molar-refractivity contribution >= 4 is 22.6 Å². The SMILES string of the molecule is O=C(Cc1ccc(C(F)(F)F)cc1)Nc1ccc(Oc2nc(-c3ccccc3)nc3[nH]ccc23)cc1. The van der Waals surface area contributed by atoms with Gasteiger partial charge in [0.2, 0.25) is 11.8 Å². The molecule has 2 heterocycles. The van der Waals surface area contributed by atoms with Crippen LogP contribution in [0.5, 0.6) is 11.6 Å². The fourth-order valence-electron chi connectivity index (χ4n) is 3.63. The molecule has 3 aromatic carbocycles. The molecule has 0 unspecified atom stereocenters. The second-order valence-corrected chi connectivity index (χ2v) is 8.00. The Hall–Kier alpha value is -4.66. The van der Waals surface area contributed by atoms with E-state index in [0.29, 0.717) is 34.4 Å². The molecule has 0 bridgehead atoms. The molecule has 0 aliphatic heterocycles. The van der Waals surface area contributed by atoms with Crippen LogP contribution in [0.1, 0.15) is 11.1 Å². The number of amides is 1. The summed E-state index contributed by atoms with van der Waals surface area (Å²) in [5.74, 6) is 1.07. The molecule has 0 saturated heterocycles. The first-order chi connectivity index (χ1) is 17.3. The number of fused-ring (bicyclic) bond motifs is 1. The Morgan fingerprint density at radius 3 is 2.31 bits per heavy atom. The predicted octanol–water partition coefficient (Wildman–Crippen LogP) is 6.62. The number of rotatable bonds is 6. The van der Waals surface area contributed by atoms with Crippen molar-refractivity contribution in [3.05, 3.63) is 102 Å². The fourth-order valence-corrected chi connectivity index (χ4v) is 3.63. The Labute approximate surface area is 203 Å². The lowest BCUT2D eigenvalue weighted by molar-refractivity contribution is -0.137. The summed E-state index contributed by atoms with van der Waals surface area (Å²) in [6.07, 6.45) is -2.70. The number of aromatic amines is 1. The van der Waals surface area contributed by atoms with Gasteiger partial charge in [-0.2, -0.15) is 18.2 Å². The number of carbonyl (C=O) groups is 1. The number of ether oxygens (including phenoxy) is 1. The number of hydrogen-bond acceptors (Lipinski definition) is 4. The van der Waals surface area contributed by atoms with Crippen molar-refractivity contribution in [2.45, 2.75) is 12.6 Å². The highest BCUT2D eigenvalue weighted by atomic mass is 19.4. The van der Waals surface area contributed by atoms with Crippen molar-refractivity contribution < 1.29 is 22.7 Å². The molecule has 1 amide bonds. The van der Waals surface area contributed by atoms with E-state index >= 15 is 0 Å². The summed E-state index contributed by atoms with van der Waals surface area (Å²) in [5, 5.41) is 3.46. The molecule has 9 heteroatoms. The smallest absolute Gasteiger partial charge is 0.416 e.